The summed E-state index contributed by atoms with van der Waals surface area (Å²) < 4.78 is 0. The summed E-state index contributed by atoms with van der Waals surface area (Å²) >= 11 is 8.21. The van der Waals surface area contributed by atoms with Crippen LogP contribution in [0.1, 0.15) is 44.6 Å². The van der Waals surface area contributed by atoms with Crippen molar-refractivity contribution in [3.8, 4) is 0 Å². The van der Waals surface area contributed by atoms with Gasteiger partial charge in [-0.25, -0.2) is 0 Å². The van der Waals surface area contributed by atoms with E-state index in [4.69, 9.17) is 17.3 Å². The van der Waals surface area contributed by atoms with E-state index in [0.717, 1.165) is 16.7 Å². The third-order valence-electron chi connectivity index (χ3n) is 4.06. The van der Waals surface area contributed by atoms with Crippen LogP contribution in [0.4, 0.5) is 0 Å². The van der Waals surface area contributed by atoms with Crippen molar-refractivity contribution in [2.45, 2.75) is 56.1 Å². The highest BCUT2D eigenvalue weighted by Crippen LogP contribution is 2.36. The second-order valence-corrected chi connectivity index (χ2v) is 7.21. The van der Waals surface area contributed by atoms with E-state index in [1.807, 2.05) is 23.9 Å². The molecule has 1 saturated carbocycles. The van der Waals surface area contributed by atoms with Gasteiger partial charge in [-0.3, -0.25) is 0 Å². The maximum absolute atomic E-state index is 6.29. The Hall–Kier alpha value is -0.180. The predicted octanol–water partition coefficient (Wildman–Crippen LogP) is 4.87. The van der Waals surface area contributed by atoms with Gasteiger partial charge in [-0.2, -0.15) is 11.8 Å². The summed E-state index contributed by atoms with van der Waals surface area (Å²) in [6, 6.07) is 8.49. The second kappa shape index (κ2) is 7.56. The van der Waals surface area contributed by atoms with E-state index in [-0.39, 0.29) is 0 Å². The Bertz CT molecular complexity index is 396. The summed E-state index contributed by atoms with van der Waals surface area (Å²) in [7, 11) is 0. The lowest BCUT2D eigenvalue weighted by Gasteiger charge is -2.33. The van der Waals surface area contributed by atoms with E-state index in [2.05, 4.69) is 19.1 Å². The van der Waals surface area contributed by atoms with Crippen LogP contribution in [0.5, 0.6) is 0 Å². The van der Waals surface area contributed by atoms with Crippen LogP contribution >= 0.6 is 23.4 Å². The van der Waals surface area contributed by atoms with Crippen molar-refractivity contribution in [2.24, 2.45) is 11.7 Å². The zero-order valence-electron chi connectivity index (χ0n) is 11.6. The molecule has 0 heterocycles. The molecule has 0 aliphatic heterocycles. The first-order chi connectivity index (χ1) is 9.20. The lowest BCUT2D eigenvalue weighted by atomic mass is 9.83. The number of nitrogens with two attached hydrogens (primary N) is 1. The third-order valence-corrected chi connectivity index (χ3v) is 5.88. The molecule has 0 aromatic heterocycles. The smallest absolute Gasteiger partial charge is 0.0446 e. The Morgan fingerprint density at radius 1 is 1.32 bits per heavy atom. The molecule has 3 heteroatoms. The van der Waals surface area contributed by atoms with Crippen LogP contribution in [0, 0.1) is 5.92 Å². The van der Waals surface area contributed by atoms with Gasteiger partial charge in [-0.1, -0.05) is 49.6 Å². The molecule has 1 nitrogen and oxygen atoms in total. The monoisotopic (exact) mass is 297 g/mol. The number of hydrogen-bond donors (Lipinski definition) is 1. The fourth-order valence-electron chi connectivity index (χ4n) is 2.91. The molecule has 0 bridgehead atoms. The number of rotatable bonds is 5. The van der Waals surface area contributed by atoms with E-state index in [9.17, 15) is 0 Å². The third kappa shape index (κ3) is 4.40. The fourth-order valence-corrected chi connectivity index (χ4v) is 4.63. The van der Waals surface area contributed by atoms with E-state index in [1.54, 1.807) is 0 Å². The molecule has 2 rings (SSSR count). The zero-order valence-corrected chi connectivity index (χ0v) is 13.2. The van der Waals surface area contributed by atoms with Gasteiger partial charge in [0.1, 0.15) is 0 Å². The minimum absolute atomic E-state index is 0.362. The van der Waals surface area contributed by atoms with Crippen molar-refractivity contribution in [1.82, 2.24) is 0 Å². The first kappa shape index (κ1) is 15.2. The normalized spacial score (nSPS) is 27.4. The molecule has 0 saturated heterocycles. The highest BCUT2D eigenvalue weighted by atomic mass is 35.5. The summed E-state index contributed by atoms with van der Waals surface area (Å²) in [6.45, 7) is 2.28. The molecule has 0 amide bonds. The average Bonchev–Trinajstić information content (AvgIpc) is 2.41. The zero-order chi connectivity index (χ0) is 13.7. The quantitative estimate of drug-likeness (QED) is 0.839. The van der Waals surface area contributed by atoms with Gasteiger partial charge in [0.25, 0.3) is 0 Å². The molecule has 19 heavy (non-hydrogen) atoms. The average molecular weight is 298 g/mol. The molecule has 106 valence electrons. The Balaban J connectivity index is 1.88. The van der Waals surface area contributed by atoms with Crippen molar-refractivity contribution in [3.63, 3.8) is 0 Å². The Morgan fingerprint density at radius 3 is 2.84 bits per heavy atom. The lowest BCUT2D eigenvalue weighted by molar-refractivity contribution is 0.317. The van der Waals surface area contributed by atoms with Crippen molar-refractivity contribution >= 4 is 23.4 Å². The maximum Gasteiger partial charge on any atom is 0.0446 e. The topological polar surface area (TPSA) is 26.0 Å². The van der Waals surface area contributed by atoms with Gasteiger partial charge in [0, 0.05) is 22.1 Å². The number of benzene rings is 1. The summed E-state index contributed by atoms with van der Waals surface area (Å²) in [6.07, 6.45) is 6.44. The molecular formula is C16H24ClNS. The Labute approximate surface area is 126 Å². The van der Waals surface area contributed by atoms with Gasteiger partial charge in [-0.15, -0.1) is 0 Å². The van der Waals surface area contributed by atoms with Crippen LogP contribution in [0.25, 0.3) is 0 Å². The summed E-state index contributed by atoms with van der Waals surface area (Å²) in [5, 5.41) is 1.48. The summed E-state index contributed by atoms with van der Waals surface area (Å²) in [4.78, 5) is 0. The predicted molar refractivity (Wildman–Crippen MR) is 86.8 cm³/mol. The first-order valence-corrected chi connectivity index (χ1v) is 8.74. The van der Waals surface area contributed by atoms with Crippen LogP contribution in [0.15, 0.2) is 24.3 Å². The number of thioether (sulfide) groups is 1. The van der Waals surface area contributed by atoms with Gasteiger partial charge < -0.3 is 5.73 Å². The van der Waals surface area contributed by atoms with Crippen molar-refractivity contribution in [2.75, 3.05) is 0 Å². The molecule has 2 N–H and O–H groups in total. The molecule has 3 atom stereocenters. The molecular weight excluding hydrogens is 274 g/mol. The summed E-state index contributed by atoms with van der Waals surface area (Å²) in [5.41, 5.74) is 7.52. The van der Waals surface area contributed by atoms with E-state index in [0.29, 0.717) is 11.3 Å². The van der Waals surface area contributed by atoms with E-state index >= 15 is 0 Å². The van der Waals surface area contributed by atoms with E-state index < -0.39 is 0 Å². The van der Waals surface area contributed by atoms with Crippen LogP contribution in [-0.2, 0) is 5.75 Å². The molecule has 1 fully saturated rings. The molecule has 1 aromatic carbocycles. The highest BCUT2D eigenvalue weighted by Gasteiger charge is 2.27. The molecule has 0 radical (unpaired) electrons. The van der Waals surface area contributed by atoms with Crippen LogP contribution < -0.4 is 5.73 Å². The molecule has 1 aliphatic carbocycles. The lowest BCUT2D eigenvalue weighted by Crippen LogP contribution is -2.38. The van der Waals surface area contributed by atoms with Crippen LogP contribution in [-0.4, -0.2) is 11.3 Å². The first-order valence-electron chi connectivity index (χ1n) is 7.31. The second-order valence-electron chi connectivity index (χ2n) is 5.57. The highest BCUT2D eigenvalue weighted by molar-refractivity contribution is 7.99. The Kier molecular flexibility index (Phi) is 6.06. The largest absolute Gasteiger partial charge is 0.327 e. The summed E-state index contributed by atoms with van der Waals surface area (Å²) in [5.74, 6) is 1.87. The van der Waals surface area contributed by atoms with Gasteiger partial charge >= 0.3 is 0 Å². The van der Waals surface area contributed by atoms with Crippen LogP contribution in [0.2, 0.25) is 5.02 Å². The molecule has 0 spiro atoms. The number of hydrogen-bond acceptors (Lipinski definition) is 2. The van der Waals surface area contributed by atoms with Gasteiger partial charge in [0.15, 0.2) is 0 Å². The Morgan fingerprint density at radius 2 is 2.11 bits per heavy atom. The maximum atomic E-state index is 6.29. The van der Waals surface area contributed by atoms with Crippen LogP contribution in [0.3, 0.4) is 0 Å². The van der Waals surface area contributed by atoms with Gasteiger partial charge in [0.2, 0.25) is 0 Å². The van der Waals surface area contributed by atoms with Gasteiger partial charge in [-0.05, 0) is 36.8 Å². The standard InChI is InChI=1S/C16H24ClNS/c1-2-5-12-8-9-15(18)16(10-12)19-11-13-6-3-4-7-14(13)17/h3-4,6-7,12,15-16H,2,5,8-11,18H2,1H3. The van der Waals surface area contributed by atoms with Crippen molar-refractivity contribution in [3.05, 3.63) is 34.9 Å². The van der Waals surface area contributed by atoms with Crippen molar-refractivity contribution in [1.29, 1.82) is 0 Å². The minimum Gasteiger partial charge on any atom is -0.327 e. The van der Waals surface area contributed by atoms with Gasteiger partial charge in [0.05, 0.1) is 0 Å². The molecule has 1 aromatic rings. The SMILES string of the molecule is CCCC1CCC(N)C(SCc2ccccc2Cl)C1. The fraction of sp³-hybridized carbons (Fsp3) is 0.625. The number of halogens is 1. The molecule has 1 aliphatic rings. The minimum atomic E-state index is 0.362. The van der Waals surface area contributed by atoms with E-state index in [1.165, 1.54) is 37.7 Å². The van der Waals surface area contributed by atoms with Crippen molar-refractivity contribution < 1.29 is 0 Å². The molecule has 3 unspecified atom stereocenters.